The fourth-order valence-corrected chi connectivity index (χ4v) is 6.44. The Bertz CT molecular complexity index is 1470. The van der Waals surface area contributed by atoms with Crippen LogP contribution in [-0.4, -0.2) is 94.0 Å². The van der Waals surface area contributed by atoms with Gasteiger partial charge >= 0.3 is 0 Å². The fraction of sp³-hybridized carbons (Fsp3) is 0.438. The maximum atomic E-state index is 17.9. The normalized spacial score (nSPS) is 26.3. The second kappa shape index (κ2) is 11.8. The maximum Gasteiger partial charge on any atom is 0.238 e. The number of hydrogen-bond donors (Lipinski definition) is 2. The van der Waals surface area contributed by atoms with Crippen molar-refractivity contribution >= 4 is 29.0 Å². The van der Waals surface area contributed by atoms with E-state index in [1.165, 1.54) is 6.20 Å². The minimum atomic E-state index is -2.34. The van der Waals surface area contributed by atoms with Crippen LogP contribution in [0.3, 0.4) is 0 Å². The highest BCUT2D eigenvalue weighted by Crippen LogP contribution is 2.57. The SMILES string of the molecule is CN1CCN(CC(O)C(=O)C2(OCC3(O)CC3)c3ccccc3[C@@](Cc3ccc(Cl)cn3)(c3ccc(Cl)cc3)N2F)CC1. The Morgan fingerprint density at radius 1 is 1.00 bits per heavy atom. The Kier molecular flexibility index (Phi) is 8.38. The molecule has 1 saturated carbocycles. The van der Waals surface area contributed by atoms with Crippen LogP contribution < -0.4 is 0 Å². The van der Waals surface area contributed by atoms with Crippen LogP contribution in [0.5, 0.6) is 0 Å². The lowest BCUT2D eigenvalue weighted by molar-refractivity contribution is -0.265. The summed E-state index contributed by atoms with van der Waals surface area (Å²) in [7, 11) is 2.02. The molecule has 228 valence electrons. The first-order valence-electron chi connectivity index (χ1n) is 14.5. The van der Waals surface area contributed by atoms with Gasteiger partial charge < -0.3 is 19.8 Å². The molecule has 1 aromatic heterocycles. The molecule has 2 fully saturated rings. The third-order valence-corrected chi connectivity index (χ3v) is 9.41. The number of rotatable bonds is 10. The summed E-state index contributed by atoms with van der Waals surface area (Å²) in [5.74, 6) is -0.828. The topological polar surface area (TPSA) is 89.4 Å². The molecule has 8 nitrogen and oxygen atoms in total. The number of likely N-dealkylation sites (N-methyl/N-ethyl adjacent to an activating group) is 1. The van der Waals surface area contributed by atoms with Crippen LogP contribution >= 0.6 is 23.2 Å². The van der Waals surface area contributed by atoms with Gasteiger partial charge in [0.15, 0.2) is 0 Å². The number of aliphatic hydroxyl groups excluding tert-OH is 1. The standard InChI is InChI=1S/C32H35Cl2FN4O4/c1-37-14-16-38(17-15-37)20-28(40)29(41)32(43-21-30(42)12-13-30)27-5-3-2-4-26(27)31(39(32)35,22-6-8-23(33)9-7-22)18-25-11-10-24(34)19-36-25/h2-11,19,28,40,42H,12-18,20-21H2,1H3/t28?,31-,32?/m1/s1. The van der Waals surface area contributed by atoms with Crippen LogP contribution in [-0.2, 0) is 27.2 Å². The van der Waals surface area contributed by atoms with Gasteiger partial charge in [0.1, 0.15) is 11.6 Å². The molecule has 2 aromatic carbocycles. The molecule has 43 heavy (non-hydrogen) atoms. The van der Waals surface area contributed by atoms with Gasteiger partial charge in [-0.2, -0.15) is 0 Å². The van der Waals surface area contributed by atoms with Crippen molar-refractivity contribution in [3.63, 3.8) is 0 Å². The predicted molar refractivity (Wildman–Crippen MR) is 161 cm³/mol. The molecule has 0 radical (unpaired) electrons. The van der Waals surface area contributed by atoms with Gasteiger partial charge in [0, 0.05) is 61.6 Å². The summed E-state index contributed by atoms with van der Waals surface area (Å²) in [5.41, 5.74) is -3.30. The van der Waals surface area contributed by atoms with Crippen molar-refractivity contribution in [3.8, 4) is 0 Å². The van der Waals surface area contributed by atoms with Crippen LogP contribution in [0.1, 0.15) is 35.2 Å². The van der Waals surface area contributed by atoms with Gasteiger partial charge in [0.05, 0.1) is 17.2 Å². The Balaban J connectivity index is 1.49. The number of β-amino-alcohol motifs (C(OH)–C–C–N with tert-alkyl or cyclic N) is 1. The van der Waals surface area contributed by atoms with Crippen molar-refractivity contribution in [1.29, 1.82) is 0 Å². The van der Waals surface area contributed by atoms with Crippen molar-refractivity contribution in [2.24, 2.45) is 0 Å². The summed E-state index contributed by atoms with van der Waals surface area (Å²) in [6.45, 7) is 2.68. The summed E-state index contributed by atoms with van der Waals surface area (Å²) in [4.78, 5) is 23.2. The lowest BCUT2D eigenvalue weighted by Crippen LogP contribution is -2.59. The molecule has 3 heterocycles. The first kappa shape index (κ1) is 30.6. The van der Waals surface area contributed by atoms with E-state index in [2.05, 4.69) is 9.88 Å². The molecule has 3 aliphatic rings. The van der Waals surface area contributed by atoms with E-state index < -0.39 is 28.8 Å². The summed E-state index contributed by atoms with van der Waals surface area (Å²) in [5, 5.41) is 23.6. The number of halogens is 3. The van der Waals surface area contributed by atoms with E-state index in [1.807, 2.05) is 11.9 Å². The molecular formula is C32H35Cl2FN4O4. The third-order valence-electron chi connectivity index (χ3n) is 8.94. The Labute approximate surface area is 260 Å². The highest BCUT2D eigenvalue weighted by molar-refractivity contribution is 6.30. The Morgan fingerprint density at radius 3 is 2.28 bits per heavy atom. The molecule has 0 bridgehead atoms. The third kappa shape index (κ3) is 5.62. The number of aromatic nitrogens is 1. The molecule has 2 unspecified atom stereocenters. The first-order valence-corrected chi connectivity index (χ1v) is 15.3. The number of nitrogens with zero attached hydrogens (tertiary/aromatic N) is 4. The van der Waals surface area contributed by atoms with E-state index in [1.54, 1.807) is 60.7 Å². The number of carbonyl (C=O) groups excluding carboxylic acids is 1. The van der Waals surface area contributed by atoms with E-state index in [9.17, 15) is 15.0 Å². The quantitative estimate of drug-likeness (QED) is 0.326. The number of benzene rings is 2. The number of ether oxygens (including phenoxy) is 1. The molecule has 3 aromatic rings. The van der Waals surface area contributed by atoms with Crippen LogP contribution in [0.4, 0.5) is 4.48 Å². The smallest absolute Gasteiger partial charge is 0.238 e. The molecule has 0 amide bonds. The van der Waals surface area contributed by atoms with Crippen molar-refractivity contribution in [2.75, 3.05) is 46.4 Å². The molecule has 11 heteroatoms. The fourth-order valence-electron chi connectivity index (χ4n) is 6.20. The highest BCUT2D eigenvalue weighted by atomic mass is 35.5. The zero-order chi connectivity index (χ0) is 30.4. The zero-order valence-electron chi connectivity index (χ0n) is 23.9. The van der Waals surface area contributed by atoms with Gasteiger partial charge in [0.25, 0.3) is 0 Å². The summed E-state index contributed by atoms with van der Waals surface area (Å²) < 4.78 is 24.2. The molecule has 1 saturated heterocycles. The number of carbonyl (C=O) groups is 1. The molecule has 2 N–H and O–H groups in total. The molecular weight excluding hydrogens is 594 g/mol. The van der Waals surface area contributed by atoms with Crippen molar-refractivity contribution < 1.29 is 24.2 Å². The second-order valence-electron chi connectivity index (χ2n) is 12.0. The average molecular weight is 630 g/mol. The van der Waals surface area contributed by atoms with Gasteiger partial charge in [-0.05, 0) is 55.3 Å². The molecule has 6 rings (SSSR count). The number of Topliss-reactive ketones (excluding diaryl/α,β-unsaturated/α-hetero) is 1. The van der Waals surface area contributed by atoms with Crippen LogP contribution in [0.15, 0.2) is 66.9 Å². The number of hydrogen-bond acceptors (Lipinski definition) is 8. The number of pyridine rings is 1. The van der Waals surface area contributed by atoms with Crippen molar-refractivity contribution in [2.45, 2.75) is 42.2 Å². The monoisotopic (exact) mass is 628 g/mol. The lowest BCUT2D eigenvalue weighted by atomic mass is 9.79. The van der Waals surface area contributed by atoms with Gasteiger partial charge in [-0.1, -0.05) is 64.7 Å². The van der Waals surface area contributed by atoms with E-state index in [-0.39, 0.29) is 25.1 Å². The van der Waals surface area contributed by atoms with Gasteiger partial charge in [-0.3, -0.25) is 14.7 Å². The lowest BCUT2D eigenvalue weighted by Gasteiger charge is -2.42. The van der Waals surface area contributed by atoms with Gasteiger partial charge in [-0.25, -0.2) is 0 Å². The number of fused-ring (bicyclic) bond motifs is 1. The van der Waals surface area contributed by atoms with Crippen molar-refractivity contribution in [3.05, 3.63) is 99.3 Å². The van der Waals surface area contributed by atoms with E-state index >= 15 is 4.48 Å². The maximum absolute atomic E-state index is 17.9. The van der Waals surface area contributed by atoms with Crippen LogP contribution in [0, 0.1) is 0 Å². The van der Waals surface area contributed by atoms with E-state index in [4.69, 9.17) is 27.9 Å². The van der Waals surface area contributed by atoms with Gasteiger partial charge in [-0.15, -0.1) is 4.48 Å². The summed E-state index contributed by atoms with van der Waals surface area (Å²) in [6.07, 6.45) is 0.903. The zero-order valence-corrected chi connectivity index (χ0v) is 25.4. The molecule has 1 aliphatic carbocycles. The second-order valence-corrected chi connectivity index (χ2v) is 12.9. The largest absolute Gasteiger partial charge is 0.387 e. The minimum absolute atomic E-state index is 0.0104. The Morgan fingerprint density at radius 2 is 1.65 bits per heavy atom. The molecule has 0 spiro atoms. The molecule has 3 atom stereocenters. The highest BCUT2D eigenvalue weighted by Gasteiger charge is 2.67. The number of aliphatic hydroxyl groups is 2. The van der Waals surface area contributed by atoms with Crippen LogP contribution in [0.2, 0.25) is 10.0 Å². The Hall–Kier alpha value is -2.47. The minimum Gasteiger partial charge on any atom is -0.387 e. The first-order chi connectivity index (χ1) is 20.6. The van der Waals surface area contributed by atoms with Gasteiger partial charge in [0.2, 0.25) is 11.5 Å². The van der Waals surface area contributed by atoms with E-state index in [0.29, 0.717) is 57.9 Å². The number of ketones is 1. The van der Waals surface area contributed by atoms with Crippen molar-refractivity contribution in [1.82, 2.24) is 19.9 Å². The van der Waals surface area contributed by atoms with E-state index in [0.717, 1.165) is 13.1 Å². The summed E-state index contributed by atoms with van der Waals surface area (Å²) in [6, 6.07) is 17.1. The summed E-state index contributed by atoms with van der Waals surface area (Å²) >= 11 is 12.4. The molecule has 2 aliphatic heterocycles. The number of piperazine rings is 1. The average Bonchev–Trinajstić information content (AvgIpc) is 3.71. The predicted octanol–water partition coefficient (Wildman–Crippen LogP) is 3.95. The van der Waals surface area contributed by atoms with Crippen LogP contribution in [0.25, 0.3) is 0 Å².